The number of aryl methyl sites for hydroxylation is 2. The molecule has 0 saturated carbocycles. The van der Waals surface area contributed by atoms with Gasteiger partial charge in [-0.15, -0.1) is 0 Å². The third-order valence-electron chi connectivity index (χ3n) is 5.79. The largest absolute Gasteiger partial charge is 0.326 e. The first kappa shape index (κ1) is 23.0. The highest BCUT2D eigenvalue weighted by Gasteiger charge is 2.16. The van der Waals surface area contributed by atoms with Gasteiger partial charge in [-0.25, -0.2) is 4.98 Å². The summed E-state index contributed by atoms with van der Waals surface area (Å²) in [4.78, 5) is 30.6. The Morgan fingerprint density at radius 2 is 1.76 bits per heavy atom. The van der Waals surface area contributed by atoms with Gasteiger partial charge >= 0.3 is 0 Å². The maximum Gasteiger partial charge on any atom is 0.266 e. The minimum Gasteiger partial charge on any atom is -0.326 e. The van der Waals surface area contributed by atoms with Gasteiger partial charge in [0.2, 0.25) is 5.91 Å². The number of nitrogens with zero attached hydrogens (tertiary/aromatic N) is 2. The first-order valence-corrected chi connectivity index (χ1v) is 12.7. The Hall–Kier alpha value is -2.80. The number of hydrogen-bond donors (Lipinski definition) is 1. The van der Waals surface area contributed by atoms with E-state index in [2.05, 4.69) is 17.4 Å². The number of carbonyl (C=O) groups excluding carboxylic acids is 1. The Balaban J connectivity index is 1.37. The van der Waals surface area contributed by atoms with E-state index in [1.54, 1.807) is 36.4 Å². The Kier molecular flexibility index (Phi) is 6.63. The number of anilines is 1. The first-order valence-electron chi connectivity index (χ1n) is 11.0. The molecule has 34 heavy (non-hydrogen) atoms. The van der Waals surface area contributed by atoms with Crippen LogP contribution in [-0.4, -0.2) is 21.2 Å². The maximum atomic E-state index is 13.3. The van der Waals surface area contributed by atoms with Crippen LogP contribution in [0.3, 0.4) is 0 Å². The van der Waals surface area contributed by atoms with Crippen molar-refractivity contribution in [2.24, 2.45) is 0 Å². The molecule has 0 fully saturated rings. The summed E-state index contributed by atoms with van der Waals surface area (Å²) < 4.78 is 1.50. The van der Waals surface area contributed by atoms with Gasteiger partial charge < -0.3 is 5.32 Å². The summed E-state index contributed by atoms with van der Waals surface area (Å²) in [6.45, 7) is 0. The fourth-order valence-electron chi connectivity index (χ4n) is 4.21. The summed E-state index contributed by atoms with van der Waals surface area (Å²) in [7, 11) is 0. The molecule has 4 aromatic rings. The fourth-order valence-corrected chi connectivity index (χ4v) is 5.68. The predicted octanol–water partition coefficient (Wildman–Crippen LogP) is 6.30. The Morgan fingerprint density at radius 1 is 1.00 bits per heavy atom. The highest BCUT2D eigenvalue weighted by Crippen LogP contribution is 2.27. The Morgan fingerprint density at radius 3 is 2.59 bits per heavy atom. The Bertz CT molecular complexity index is 1450. The van der Waals surface area contributed by atoms with Crippen molar-refractivity contribution in [3.8, 4) is 5.69 Å². The second kappa shape index (κ2) is 9.82. The van der Waals surface area contributed by atoms with E-state index in [4.69, 9.17) is 28.2 Å². The van der Waals surface area contributed by atoms with Crippen LogP contribution < -0.4 is 10.9 Å². The van der Waals surface area contributed by atoms with Gasteiger partial charge in [0.25, 0.3) is 5.56 Å². The molecule has 0 aliphatic heterocycles. The van der Waals surface area contributed by atoms with Gasteiger partial charge in [-0.2, -0.15) is 0 Å². The van der Waals surface area contributed by atoms with Crippen molar-refractivity contribution in [3.05, 3.63) is 92.2 Å². The van der Waals surface area contributed by atoms with Crippen LogP contribution in [0.4, 0.5) is 5.69 Å². The second-order valence-corrected chi connectivity index (χ2v) is 10.1. The summed E-state index contributed by atoms with van der Waals surface area (Å²) in [6, 6.07) is 18.3. The number of carbonyl (C=O) groups is 1. The van der Waals surface area contributed by atoms with Crippen molar-refractivity contribution < 1.29 is 4.79 Å². The molecule has 8 heteroatoms. The standard InChI is InChI=1S/C26H21Cl2N3O2S/c27-18-13-19(28)15-21(14-18)31-25(33)22-6-1-2-7-23(22)30-26(31)34-11-10-24(32)29-20-9-8-16-4-3-5-17(16)12-20/h1-2,6-9,12-15H,3-5,10-11H2,(H,29,32). The lowest BCUT2D eigenvalue weighted by atomic mass is 10.1. The van der Waals surface area contributed by atoms with Crippen LogP contribution in [-0.2, 0) is 17.6 Å². The number of rotatable bonds is 6. The van der Waals surface area contributed by atoms with Crippen molar-refractivity contribution >= 4 is 57.5 Å². The molecule has 1 amide bonds. The molecule has 3 aromatic carbocycles. The zero-order chi connectivity index (χ0) is 23.7. The van der Waals surface area contributed by atoms with Crippen LogP contribution in [0.1, 0.15) is 24.0 Å². The minimum atomic E-state index is -0.214. The molecule has 0 spiro atoms. The van der Waals surface area contributed by atoms with E-state index in [9.17, 15) is 9.59 Å². The topological polar surface area (TPSA) is 64.0 Å². The van der Waals surface area contributed by atoms with Gasteiger partial charge in [-0.1, -0.05) is 53.2 Å². The predicted molar refractivity (Wildman–Crippen MR) is 140 cm³/mol. The summed E-state index contributed by atoms with van der Waals surface area (Å²) in [6.07, 6.45) is 3.62. The molecule has 0 unspecified atom stereocenters. The van der Waals surface area contributed by atoms with Crippen LogP contribution in [0.15, 0.2) is 70.6 Å². The van der Waals surface area contributed by atoms with Crippen LogP contribution in [0.5, 0.6) is 0 Å². The third-order valence-corrected chi connectivity index (χ3v) is 7.17. The number of aromatic nitrogens is 2. The fraction of sp³-hybridized carbons (Fsp3) is 0.192. The summed E-state index contributed by atoms with van der Waals surface area (Å²) in [5.41, 5.74) is 4.43. The zero-order valence-corrected chi connectivity index (χ0v) is 20.5. The van der Waals surface area contributed by atoms with E-state index < -0.39 is 0 Å². The van der Waals surface area contributed by atoms with Gasteiger partial charge in [-0.05, 0) is 72.9 Å². The van der Waals surface area contributed by atoms with Crippen molar-refractivity contribution in [2.75, 3.05) is 11.1 Å². The van der Waals surface area contributed by atoms with E-state index >= 15 is 0 Å². The Labute approximate surface area is 211 Å². The normalized spacial score (nSPS) is 12.6. The quantitative estimate of drug-likeness (QED) is 0.244. The molecule has 1 heterocycles. The monoisotopic (exact) mass is 509 g/mol. The molecule has 1 aromatic heterocycles. The summed E-state index contributed by atoms with van der Waals surface area (Å²) in [5.74, 6) is 0.376. The number of hydrogen-bond acceptors (Lipinski definition) is 4. The van der Waals surface area contributed by atoms with Gasteiger partial charge in [0.05, 0.1) is 16.6 Å². The van der Waals surface area contributed by atoms with Gasteiger partial charge in [0.1, 0.15) is 0 Å². The second-order valence-electron chi connectivity index (χ2n) is 8.16. The van der Waals surface area contributed by atoms with Crippen LogP contribution >= 0.6 is 35.0 Å². The molecule has 5 nitrogen and oxygen atoms in total. The van der Waals surface area contributed by atoms with Crippen LogP contribution in [0, 0.1) is 0 Å². The van der Waals surface area contributed by atoms with Crippen LogP contribution in [0.2, 0.25) is 10.0 Å². The molecule has 1 aliphatic rings. The number of para-hydroxylation sites is 1. The average molecular weight is 510 g/mol. The van der Waals surface area contributed by atoms with E-state index in [0.29, 0.717) is 37.5 Å². The smallest absolute Gasteiger partial charge is 0.266 e. The number of benzene rings is 3. The minimum absolute atomic E-state index is 0.0778. The van der Waals surface area contributed by atoms with E-state index in [-0.39, 0.29) is 17.9 Å². The molecule has 1 aliphatic carbocycles. The van der Waals surface area contributed by atoms with E-state index in [1.165, 1.54) is 33.9 Å². The molecule has 172 valence electrons. The number of nitrogens with one attached hydrogen (secondary N) is 1. The van der Waals surface area contributed by atoms with Crippen molar-refractivity contribution in [1.82, 2.24) is 9.55 Å². The van der Waals surface area contributed by atoms with Gasteiger partial charge in [0, 0.05) is 27.9 Å². The first-order chi connectivity index (χ1) is 16.5. The highest BCUT2D eigenvalue weighted by atomic mass is 35.5. The molecule has 0 bridgehead atoms. The molecular weight excluding hydrogens is 489 g/mol. The van der Waals surface area contributed by atoms with Crippen molar-refractivity contribution in [3.63, 3.8) is 0 Å². The van der Waals surface area contributed by atoms with Crippen molar-refractivity contribution in [1.29, 1.82) is 0 Å². The number of amides is 1. The van der Waals surface area contributed by atoms with Crippen molar-refractivity contribution in [2.45, 2.75) is 30.8 Å². The van der Waals surface area contributed by atoms with Crippen LogP contribution in [0.25, 0.3) is 16.6 Å². The van der Waals surface area contributed by atoms with E-state index in [1.807, 2.05) is 12.1 Å². The highest BCUT2D eigenvalue weighted by molar-refractivity contribution is 7.99. The van der Waals surface area contributed by atoms with Gasteiger partial charge in [-0.3, -0.25) is 14.2 Å². The summed E-state index contributed by atoms with van der Waals surface area (Å²) >= 11 is 13.7. The maximum absolute atomic E-state index is 13.3. The molecule has 0 saturated heterocycles. The lowest BCUT2D eigenvalue weighted by Crippen LogP contribution is -2.22. The van der Waals surface area contributed by atoms with Gasteiger partial charge in [0.15, 0.2) is 5.16 Å². The molecular formula is C26H21Cl2N3O2S. The lowest BCUT2D eigenvalue weighted by molar-refractivity contribution is -0.115. The molecule has 0 atom stereocenters. The average Bonchev–Trinajstić information content (AvgIpc) is 3.26. The number of fused-ring (bicyclic) bond motifs is 2. The number of halogens is 2. The molecule has 1 N–H and O–H groups in total. The number of thioether (sulfide) groups is 1. The summed E-state index contributed by atoms with van der Waals surface area (Å²) in [5, 5.41) is 4.81. The SMILES string of the molecule is O=C(CCSc1nc2ccccc2c(=O)n1-c1cc(Cl)cc(Cl)c1)Nc1ccc2c(c1)CCC2. The lowest BCUT2D eigenvalue weighted by Gasteiger charge is -2.14. The zero-order valence-electron chi connectivity index (χ0n) is 18.2. The molecule has 5 rings (SSSR count). The third kappa shape index (κ3) is 4.85. The molecule has 0 radical (unpaired) electrons. The van der Waals surface area contributed by atoms with E-state index in [0.717, 1.165) is 18.5 Å².